The SMILES string of the molecule is CCOC(=O)c1ccc(N/N=C/c2cc(Br)cc([N+](=O)[O-])c2O)cc1. The van der Waals surface area contributed by atoms with Crippen LogP contribution in [-0.2, 0) is 4.74 Å². The zero-order valence-corrected chi connectivity index (χ0v) is 14.7. The van der Waals surface area contributed by atoms with E-state index in [1.165, 1.54) is 18.3 Å². The molecule has 0 fully saturated rings. The Hall–Kier alpha value is -2.94. The van der Waals surface area contributed by atoms with Crippen molar-refractivity contribution in [2.75, 3.05) is 12.0 Å². The lowest BCUT2D eigenvalue weighted by atomic mass is 10.2. The van der Waals surface area contributed by atoms with Gasteiger partial charge < -0.3 is 9.84 Å². The van der Waals surface area contributed by atoms with Gasteiger partial charge in [0.05, 0.1) is 29.0 Å². The molecule has 0 spiro atoms. The number of esters is 1. The third-order valence-corrected chi connectivity index (χ3v) is 3.53. The second kappa shape index (κ2) is 8.25. The van der Waals surface area contributed by atoms with Gasteiger partial charge in [-0.05, 0) is 37.3 Å². The van der Waals surface area contributed by atoms with Gasteiger partial charge in [0.25, 0.3) is 0 Å². The van der Waals surface area contributed by atoms with Crippen molar-refractivity contribution in [3.63, 3.8) is 0 Å². The number of phenolic OH excluding ortho intramolecular Hbond substituents is 1. The van der Waals surface area contributed by atoms with E-state index in [-0.39, 0.29) is 5.56 Å². The number of carbonyl (C=O) groups excluding carboxylic acids is 1. The van der Waals surface area contributed by atoms with E-state index in [2.05, 4.69) is 26.5 Å². The van der Waals surface area contributed by atoms with Gasteiger partial charge in [0.2, 0.25) is 5.75 Å². The fourth-order valence-corrected chi connectivity index (χ4v) is 2.38. The fourth-order valence-electron chi connectivity index (χ4n) is 1.91. The Labute approximate surface area is 151 Å². The minimum absolute atomic E-state index is 0.178. The molecule has 0 radical (unpaired) electrons. The van der Waals surface area contributed by atoms with E-state index < -0.39 is 22.3 Å². The number of nitro groups is 1. The highest BCUT2D eigenvalue weighted by atomic mass is 79.9. The first kappa shape index (κ1) is 18.4. The van der Waals surface area contributed by atoms with Gasteiger partial charge in [-0.15, -0.1) is 0 Å². The first-order valence-corrected chi connectivity index (χ1v) is 7.94. The molecular weight excluding hydrogens is 394 g/mol. The summed E-state index contributed by atoms with van der Waals surface area (Å²) in [5, 5.41) is 24.7. The van der Waals surface area contributed by atoms with Crippen LogP contribution in [0.25, 0.3) is 0 Å². The van der Waals surface area contributed by atoms with Crippen molar-refractivity contribution in [1.82, 2.24) is 0 Å². The maximum absolute atomic E-state index is 11.6. The molecule has 25 heavy (non-hydrogen) atoms. The number of rotatable bonds is 6. The molecule has 0 heterocycles. The van der Waals surface area contributed by atoms with E-state index >= 15 is 0 Å². The normalized spacial score (nSPS) is 10.6. The number of hydrazone groups is 1. The number of aromatic hydroxyl groups is 1. The molecule has 0 aliphatic carbocycles. The molecule has 2 aromatic rings. The molecule has 0 aromatic heterocycles. The topological polar surface area (TPSA) is 114 Å². The molecule has 8 nitrogen and oxygen atoms in total. The summed E-state index contributed by atoms with van der Waals surface area (Å²) in [6, 6.07) is 9.12. The number of ether oxygens (including phenoxy) is 1. The van der Waals surface area contributed by atoms with Gasteiger partial charge in [-0.1, -0.05) is 15.9 Å². The number of nitrogens with one attached hydrogen (secondary N) is 1. The van der Waals surface area contributed by atoms with Crippen molar-refractivity contribution in [3.05, 3.63) is 62.1 Å². The summed E-state index contributed by atoms with van der Waals surface area (Å²) in [5.41, 5.74) is 3.47. The lowest BCUT2D eigenvalue weighted by Gasteiger charge is -2.04. The van der Waals surface area contributed by atoms with Crippen molar-refractivity contribution in [3.8, 4) is 5.75 Å². The van der Waals surface area contributed by atoms with E-state index in [0.717, 1.165) is 0 Å². The number of carbonyl (C=O) groups is 1. The average Bonchev–Trinajstić information content (AvgIpc) is 2.58. The van der Waals surface area contributed by atoms with Crippen LogP contribution in [0.1, 0.15) is 22.8 Å². The third kappa shape index (κ3) is 4.77. The summed E-state index contributed by atoms with van der Waals surface area (Å²) in [7, 11) is 0. The highest BCUT2D eigenvalue weighted by Gasteiger charge is 2.17. The molecule has 0 atom stereocenters. The molecule has 0 aliphatic heterocycles. The molecule has 0 saturated carbocycles. The molecule has 0 bridgehead atoms. The molecule has 0 amide bonds. The Bertz CT molecular complexity index is 821. The minimum atomic E-state index is -0.682. The minimum Gasteiger partial charge on any atom is -0.502 e. The maximum atomic E-state index is 11.6. The number of phenols is 1. The van der Waals surface area contributed by atoms with Crippen LogP contribution in [0.3, 0.4) is 0 Å². The van der Waals surface area contributed by atoms with Crippen molar-refractivity contribution >= 4 is 39.5 Å². The Morgan fingerprint density at radius 2 is 2.08 bits per heavy atom. The zero-order chi connectivity index (χ0) is 18.4. The standard InChI is InChI=1S/C16H14BrN3O5/c1-2-25-16(22)10-3-5-13(6-4-10)19-18-9-11-7-12(17)8-14(15(11)21)20(23)24/h3-9,19,21H,2H2,1H3/b18-9+. The predicted molar refractivity (Wildman–Crippen MR) is 96.1 cm³/mol. The van der Waals surface area contributed by atoms with Crippen LogP contribution in [0.4, 0.5) is 11.4 Å². The van der Waals surface area contributed by atoms with E-state index in [9.17, 15) is 20.0 Å². The quantitative estimate of drug-likeness (QED) is 0.326. The summed E-state index contributed by atoms with van der Waals surface area (Å²) < 4.78 is 5.33. The Morgan fingerprint density at radius 3 is 2.68 bits per heavy atom. The largest absolute Gasteiger partial charge is 0.502 e. The van der Waals surface area contributed by atoms with Crippen molar-refractivity contribution in [1.29, 1.82) is 0 Å². The number of benzene rings is 2. The van der Waals surface area contributed by atoms with Crippen LogP contribution in [0.5, 0.6) is 5.75 Å². The molecule has 9 heteroatoms. The van der Waals surface area contributed by atoms with E-state index in [1.807, 2.05) is 0 Å². The first-order chi connectivity index (χ1) is 11.9. The highest BCUT2D eigenvalue weighted by Crippen LogP contribution is 2.32. The predicted octanol–water partition coefficient (Wildman–Crippen LogP) is 3.69. The Balaban J connectivity index is 2.11. The van der Waals surface area contributed by atoms with Gasteiger partial charge >= 0.3 is 11.7 Å². The van der Waals surface area contributed by atoms with Gasteiger partial charge in [0.15, 0.2) is 0 Å². The van der Waals surface area contributed by atoms with Gasteiger partial charge in [0, 0.05) is 16.1 Å². The highest BCUT2D eigenvalue weighted by molar-refractivity contribution is 9.10. The van der Waals surface area contributed by atoms with Crippen LogP contribution < -0.4 is 5.43 Å². The van der Waals surface area contributed by atoms with Crippen LogP contribution in [0, 0.1) is 10.1 Å². The molecule has 2 rings (SSSR count). The van der Waals surface area contributed by atoms with Crippen LogP contribution >= 0.6 is 15.9 Å². The molecule has 2 aromatic carbocycles. The van der Waals surface area contributed by atoms with Crippen molar-refractivity contribution in [2.45, 2.75) is 6.92 Å². The van der Waals surface area contributed by atoms with E-state index in [1.54, 1.807) is 31.2 Å². The lowest BCUT2D eigenvalue weighted by molar-refractivity contribution is -0.385. The summed E-state index contributed by atoms with van der Waals surface area (Å²) in [6.07, 6.45) is 1.26. The summed E-state index contributed by atoms with van der Waals surface area (Å²) in [5.74, 6) is -0.889. The summed E-state index contributed by atoms with van der Waals surface area (Å²) >= 11 is 3.15. The number of hydrogen-bond donors (Lipinski definition) is 2. The van der Waals surface area contributed by atoms with E-state index in [4.69, 9.17) is 4.74 Å². The van der Waals surface area contributed by atoms with Crippen LogP contribution in [0.2, 0.25) is 0 Å². The van der Waals surface area contributed by atoms with Gasteiger partial charge in [-0.25, -0.2) is 4.79 Å². The molecule has 130 valence electrons. The summed E-state index contributed by atoms with van der Waals surface area (Å²) in [4.78, 5) is 21.8. The molecule has 0 aliphatic rings. The van der Waals surface area contributed by atoms with Gasteiger partial charge in [0.1, 0.15) is 0 Å². The molecule has 0 saturated heterocycles. The second-order valence-corrected chi connectivity index (χ2v) is 5.70. The Kier molecular flexibility index (Phi) is 6.07. The number of halogens is 1. The molecule has 0 unspecified atom stereocenters. The first-order valence-electron chi connectivity index (χ1n) is 7.15. The third-order valence-electron chi connectivity index (χ3n) is 3.07. The van der Waals surface area contributed by atoms with Gasteiger partial charge in [-0.3, -0.25) is 15.5 Å². The fraction of sp³-hybridized carbons (Fsp3) is 0.125. The van der Waals surface area contributed by atoms with Crippen molar-refractivity contribution in [2.24, 2.45) is 5.10 Å². The monoisotopic (exact) mass is 407 g/mol. The number of hydrogen-bond acceptors (Lipinski definition) is 7. The second-order valence-electron chi connectivity index (χ2n) is 4.79. The molecule has 2 N–H and O–H groups in total. The van der Waals surface area contributed by atoms with E-state index in [0.29, 0.717) is 22.3 Å². The number of nitro benzene ring substituents is 1. The Morgan fingerprint density at radius 1 is 1.40 bits per heavy atom. The lowest BCUT2D eigenvalue weighted by Crippen LogP contribution is -2.04. The van der Waals surface area contributed by atoms with Crippen LogP contribution in [0.15, 0.2) is 46.0 Å². The maximum Gasteiger partial charge on any atom is 0.338 e. The van der Waals surface area contributed by atoms with Crippen molar-refractivity contribution < 1.29 is 19.6 Å². The molecular formula is C16H14BrN3O5. The summed E-state index contributed by atoms with van der Waals surface area (Å²) in [6.45, 7) is 2.02. The average molecular weight is 408 g/mol. The number of nitrogens with zero attached hydrogens (tertiary/aromatic N) is 2. The zero-order valence-electron chi connectivity index (χ0n) is 13.1. The number of anilines is 1. The smallest absolute Gasteiger partial charge is 0.338 e. The van der Waals surface area contributed by atoms with Crippen LogP contribution in [-0.4, -0.2) is 28.8 Å². The van der Waals surface area contributed by atoms with Gasteiger partial charge in [-0.2, -0.15) is 5.10 Å².